The monoisotopic (exact) mass is 287 g/mol. The second kappa shape index (κ2) is 6.48. The third-order valence-electron chi connectivity index (χ3n) is 4.45. The van der Waals surface area contributed by atoms with Crippen molar-refractivity contribution in [1.29, 1.82) is 0 Å². The molecule has 1 aromatic carbocycles. The van der Waals surface area contributed by atoms with Gasteiger partial charge in [-0.3, -0.25) is 4.90 Å². The lowest BCUT2D eigenvalue weighted by Crippen LogP contribution is -2.24. The van der Waals surface area contributed by atoms with Crippen molar-refractivity contribution in [2.24, 2.45) is 5.92 Å². The van der Waals surface area contributed by atoms with Crippen LogP contribution >= 0.6 is 0 Å². The molecule has 1 aromatic heterocycles. The quantitative estimate of drug-likeness (QED) is 0.869. The average molecular weight is 287 g/mol. The van der Waals surface area contributed by atoms with Crippen LogP contribution in [0.3, 0.4) is 0 Å². The number of hydrogen-bond acceptors (Lipinski definition) is 4. The first-order valence-electron chi connectivity index (χ1n) is 8.12. The van der Waals surface area contributed by atoms with Gasteiger partial charge in [-0.15, -0.1) is 0 Å². The average Bonchev–Trinajstić information content (AvgIpc) is 2.72. The summed E-state index contributed by atoms with van der Waals surface area (Å²) in [6.07, 6.45) is 6.64. The Hall–Kier alpha value is -1.55. The summed E-state index contributed by atoms with van der Waals surface area (Å²) in [5.41, 5.74) is 8.20. The van der Waals surface area contributed by atoms with E-state index in [1.807, 2.05) is 18.2 Å². The number of nitrogens with zero attached hydrogens (tertiary/aromatic N) is 2. The van der Waals surface area contributed by atoms with E-state index < -0.39 is 0 Å². The second-order valence-electron chi connectivity index (χ2n) is 6.20. The zero-order valence-electron chi connectivity index (χ0n) is 12.8. The van der Waals surface area contributed by atoms with Crippen molar-refractivity contribution in [3.63, 3.8) is 0 Å². The van der Waals surface area contributed by atoms with Gasteiger partial charge in [-0.25, -0.2) is 4.98 Å². The van der Waals surface area contributed by atoms with Crippen LogP contribution in [0.15, 0.2) is 22.6 Å². The van der Waals surface area contributed by atoms with Crippen molar-refractivity contribution in [1.82, 2.24) is 9.88 Å². The predicted molar refractivity (Wildman–Crippen MR) is 85.9 cm³/mol. The highest BCUT2D eigenvalue weighted by atomic mass is 16.3. The normalized spacial score (nSPS) is 20.7. The first kappa shape index (κ1) is 14.4. The molecule has 1 aliphatic rings. The van der Waals surface area contributed by atoms with Gasteiger partial charge >= 0.3 is 0 Å². The Bertz CT molecular complexity index is 593. The number of fused-ring (bicyclic) bond motifs is 1. The summed E-state index contributed by atoms with van der Waals surface area (Å²) < 4.78 is 5.83. The number of likely N-dealkylation sites (tertiary alicyclic amines) is 1. The number of rotatable bonds is 4. The molecule has 0 radical (unpaired) electrons. The van der Waals surface area contributed by atoms with Gasteiger partial charge in [-0.05, 0) is 50.4 Å². The molecule has 4 heteroatoms. The van der Waals surface area contributed by atoms with Crippen LogP contribution in [0.4, 0.5) is 5.69 Å². The van der Waals surface area contributed by atoms with E-state index in [1.165, 1.54) is 32.1 Å². The van der Waals surface area contributed by atoms with Crippen LogP contribution in [0.5, 0.6) is 0 Å². The number of anilines is 1. The smallest absolute Gasteiger partial charge is 0.209 e. The molecule has 2 heterocycles. The van der Waals surface area contributed by atoms with Crippen LogP contribution < -0.4 is 5.73 Å². The molecule has 1 atom stereocenters. The first-order valence-corrected chi connectivity index (χ1v) is 8.12. The van der Waals surface area contributed by atoms with Crippen molar-refractivity contribution < 1.29 is 4.42 Å². The topological polar surface area (TPSA) is 55.3 Å². The maximum Gasteiger partial charge on any atom is 0.209 e. The zero-order valence-corrected chi connectivity index (χ0v) is 12.8. The maximum absolute atomic E-state index is 5.83. The van der Waals surface area contributed by atoms with Crippen molar-refractivity contribution in [2.75, 3.05) is 18.8 Å². The molecule has 1 saturated heterocycles. The van der Waals surface area contributed by atoms with Gasteiger partial charge in [0, 0.05) is 11.8 Å². The number of oxazole rings is 1. The number of aromatic nitrogens is 1. The minimum atomic E-state index is 0.724. The van der Waals surface area contributed by atoms with Crippen LogP contribution in [0.1, 0.15) is 44.9 Å². The third-order valence-corrected chi connectivity index (χ3v) is 4.45. The fourth-order valence-corrected chi connectivity index (χ4v) is 3.33. The molecule has 0 spiro atoms. The van der Waals surface area contributed by atoms with Crippen molar-refractivity contribution in [2.45, 2.75) is 45.6 Å². The van der Waals surface area contributed by atoms with Crippen LogP contribution in [-0.4, -0.2) is 23.0 Å². The molecule has 2 N–H and O–H groups in total. The van der Waals surface area contributed by atoms with Gasteiger partial charge in [0.25, 0.3) is 0 Å². The van der Waals surface area contributed by atoms with E-state index in [2.05, 4.69) is 16.8 Å². The number of nitrogens with two attached hydrogens (primary N) is 1. The summed E-state index contributed by atoms with van der Waals surface area (Å²) >= 11 is 0. The highest BCUT2D eigenvalue weighted by Crippen LogP contribution is 2.24. The molecule has 0 bridgehead atoms. The molecule has 0 amide bonds. The molecule has 4 nitrogen and oxygen atoms in total. The number of benzene rings is 1. The van der Waals surface area contributed by atoms with Gasteiger partial charge in [0.15, 0.2) is 5.58 Å². The highest BCUT2D eigenvalue weighted by molar-refractivity contribution is 5.76. The Morgan fingerprint density at radius 1 is 1.33 bits per heavy atom. The van der Waals surface area contributed by atoms with E-state index in [0.717, 1.165) is 48.2 Å². The van der Waals surface area contributed by atoms with Crippen LogP contribution in [0, 0.1) is 5.92 Å². The lowest BCUT2D eigenvalue weighted by atomic mass is 9.96. The molecular weight excluding hydrogens is 262 g/mol. The van der Waals surface area contributed by atoms with Gasteiger partial charge in [0.1, 0.15) is 5.52 Å². The molecule has 3 rings (SSSR count). The molecule has 114 valence electrons. The Morgan fingerprint density at radius 2 is 2.24 bits per heavy atom. The standard InChI is InChI=1S/C17H25N3O/c1-2-4-13-5-3-9-20(10-8-13)12-17-19-15-7-6-14(18)11-16(15)21-17/h6-7,11,13H,2-5,8-10,12,18H2,1H3. The van der Waals surface area contributed by atoms with E-state index in [9.17, 15) is 0 Å². The van der Waals surface area contributed by atoms with E-state index in [4.69, 9.17) is 10.2 Å². The summed E-state index contributed by atoms with van der Waals surface area (Å²) in [7, 11) is 0. The molecule has 0 aliphatic carbocycles. The lowest BCUT2D eigenvalue weighted by molar-refractivity contribution is 0.246. The van der Waals surface area contributed by atoms with Crippen LogP contribution in [0.2, 0.25) is 0 Å². The SMILES string of the molecule is CCCC1CCCN(Cc2nc3ccc(N)cc3o2)CC1. The first-order chi connectivity index (χ1) is 10.2. The van der Waals surface area contributed by atoms with Gasteiger partial charge in [0.2, 0.25) is 5.89 Å². The van der Waals surface area contributed by atoms with Gasteiger partial charge < -0.3 is 10.2 Å². The van der Waals surface area contributed by atoms with E-state index in [0.29, 0.717) is 0 Å². The molecular formula is C17H25N3O. The number of nitrogen functional groups attached to an aromatic ring is 1. The van der Waals surface area contributed by atoms with E-state index in [1.54, 1.807) is 0 Å². The third kappa shape index (κ3) is 3.56. The second-order valence-corrected chi connectivity index (χ2v) is 6.20. The lowest BCUT2D eigenvalue weighted by Gasteiger charge is -2.18. The Balaban J connectivity index is 1.64. The molecule has 1 aliphatic heterocycles. The van der Waals surface area contributed by atoms with Crippen molar-refractivity contribution in [3.8, 4) is 0 Å². The Labute approximate surface area is 126 Å². The summed E-state index contributed by atoms with van der Waals surface area (Å²) in [6.45, 7) is 5.41. The van der Waals surface area contributed by atoms with Crippen molar-refractivity contribution in [3.05, 3.63) is 24.1 Å². The fraction of sp³-hybridized carbons (Fsp3) is 0.588. The summed E-state index contributed by atoms with van der Waals surface area (Å²) in [5.74, 6) is 1.72. The molecule has 1 fully saturated rings. The zero-order chi connectivity index (χ0) is 14.7. The molecule has 1 unspecified atom stereocenters. The Morgan fingerprint density at radius 3 is 3.10 bits per heavy atom. The molecule has 0 saturated carbocycles. The van der Waals surface area contributed by atoms with Gasteiger partial charge in [0.05, 0.1) is 6.54 Å². The van der Waals surface area contributed by atoms with E-state index >= 15 is 0 Å². The van der Waals surface area contributed by atoms with Gasteiger partial charge in [-0.1, -0.05) is 19.8 Å². The molecule has 2 aromatic rings. The summed E-state index contributed by atoms with van der Waals surface area (Å²) in [6, 6.07) is 5.65. The van der Waals surface area contributed by atoms with Crippen molar-refractivity contribution >= 4 is 16.8 Å². The van der Waals surface area contributed by atoms with Gasteiger partial charge in [-0.2, -0.15) is 0 Å². The molecule has 21 heavy (non-hydrogen) atoms. The maximum atomic E-state index is 5.83. The highest BCUT2D eigenvalue weighted by Gasteiger charge is 2.18. The number of hydrogen-bond donors (Lipinski definition) is 1. The summed E-state index contributed by atoms with van der Waals surface area (Å²) in [4.78, 5) is 7.05. The fourth-order valence-electron chi connectivity index (χ4n) is 3.33. The minimum Gasteiger partial charge on any atom is -0.439 e. The minimum absolute atomic E-state index is 0.724. The van der Waals surface area contributed by atoms with Crippen LogP contribution in [0.25, 0.3) is 11.1 Å². The largest absolute Gasteiger partial charge is 0.439 e. The predicted octanol–water partition coefficient (Wildman–Crippen LogP) is 3.81. The van der Waals surface area contributed by atoms with Crippen LogP contribution in [-0.2, 0) is 6.54 Å². The Kier molecular flexibility index (Phi) is 4.44. The van der Waals surface area contributed by atoms with E-state index in [-0.39, 0.29) is 0 Å². The summed E-state index contributed by atoms with van der Waals surface area (Å²) in [5, 5.41) is 0.